The van der Waals surface area contributed by atoms with Crippen LogP contribution >= 0.6 is 11.3 Å². The molecule has 0 aliphatic heterocycles. The molecule has 2 N–H and O–H groups in total. The summed E-state index contributed by atoms with van der Waals surface area (Å²) >= 11 is 1.76. The molecule has 0 amide bonds. The van der Waals surface area contributed by atoms with Gasteiger partial charge in [-0.2, -0.15) is 4.98 Å². The summed E-state index contributed by atoms with van der Waals surface area (Å²) in [6.07, 6.45) is 0. The Balaban J connectivity index is 1.97. The fourth-order valence-electron chi connectivity index (χ4n) is 1.31. The van der Waals surface area contributed by atoms with Gasteiger partial charge in [-0.1, -0.05) is 0 Å². The highest BCUT2D eigenvalue weighted by Gasteiger charge is 2.05. The van der Waals surface area contributed by atoms with Crippen molar-refractivity contribution in [1.29, 1.82) is 0 Å². The second kappa shape index (κ2) is 4.52. The van der Waals surface area contributed by atoms with E-state index in [1.165, 1.54) is 10.4 Å². The van der Waals surface area contributed by atoms with Crippen molar-refractivity contribution in [3.63, 3.8) is 0 Å². The number of hydrogen-bond donors (Lipinski definition) is 2. The van der Waals surface area contributed by atoms with Crippen LogP contribution in [0, 0.1) is 6.92 Å². The molecule has 5 nitrogen and oxygen atoms in total. The Hall–Kier alpha value is -1.56. The molecule has 2 heterocycles. The molecular weight excluding hydrogens is 222 g/mol. The van der Waals surface area contributed by atoms with E-state index < -0.39 is 0 Å². The number of aromatic nitrogens is 3. The highest BCUT2D eigenvalue weighted by molar-refractivity contribution is 7.10. The number of nitrogens with zero attached hydrogens (tertiary/aromatic N) is 3. The van der Waals surface area contributed by atoms with Crippen LogP contribution in [0.25, 0.3) is 0 Å². The summed E-state index contributed by atoms with van der Waals surface area (Å²) in [5.41, 5.74) is 1.30. The average Bonchev–Trinajstić information content (AvgIpc) is 2.83. The number of aromatic amines is 1. The van der Waals surface area contributed by atoms with Gasteiger partial charge >= 0.3 is 0 Å². The lowest BCUT2D eigenvalue weighted by Crippen LogP contribution is -2.10. The van der Waals surface area contributed by atoms with Gasteiger partial charge in [0.15, 0.2) is 0 Å². The summed E-state index contributed by atoms with van der Waals surface area (Å²) in [6.45, 7) is 2.89. The molecule has 0 spiro atoms. The Labute approximate surface area is 98.5 Å². The smallest absolute Gasteiger partial charge is 0.245 e. The van der Waals surface area contributed by atoms with Gasteiger partial charge in [0.2, 0.25) is 11.9 Å². The number of H-pyrrole nitrogens is 1. The third-order valence-corrected chi connectivity index (χ3v) is 3.17. The summed E-state index contributed by atoms with van der Waals surface area (Å²) < 4.78 is 0. The maximum atomic E-state index is 4.29. The van der Waals surface area contributed by atoms with Crippen molar-refractivity contribution in [2.75, 3.05) is 24.3 Å². The van der Waals surface area contributed by atoms with Gasteiger partial charge in [0.05, 0.1) is 0 Å². The minimum atomic E-state index is 0.685. The minimum Gasteiger partial charge on any atom is -0.350 e. The second-order valence-electron chi connectivity index (χ2n) is 3.73. The highest BCUT2D eigenvalue weighted by atomic mass is 32.1. The quantitative estimate of drug-likeness (QED) is 0.852. The summed E-state index contributed by atoms with van der Waals surface area (Å²) in [4.78, 5) is 7.48. The lowest BCUT2D eigenvalue weighted by atomic mass is 10.3. The molecule has 86 valence electrons. The number of thiophene rings is 1. The molecule has 0 fully saturated rings. The Kier molecular flexibility index (Phi) is 3.09. The lowest BCUT2D eigenvalue weighted by Gasteiger charge is -2.04. The average molecular weight is 237 g/mol. The van der Waals surface area contributed by atoms with Crippen LogP contribution in [0.5, 0.6) is 0 Å². The van der Waals surface area contributed by atoms with Crippen molar-refractivity contribution >= 4 is 23.2 Å². The Morgan fingerprint density at radius 2 is 2.31 bits per heavy atom. The van der Waals surface area contributed by atoms with E-state index in [0.29, 0.717) is 11.9 Å². The van der Waals surface area contributed by atoms with Crippen molar-refractivity contribution in [1.82, 2.24) is 15.2 Å². The lowest BCUT2D eigenvalue weighted by molar-refractivity contribution is 0.996. The molecule has 2 aromatic heterocycles. The minimum absolute atomic E-state index is 0.685. The first-order chi connectivity index (χ1) is 7.66. The van der Waals surface area contributed by atoms with E-state index in [-0.39, 0.29) is 0 Å². The Morgan fingerprint density at radius 1 is 1.50 bits per heavy atom. The van der Waals surface area contributed by atoms with Crippen LogP contribution in [-0.2, 0) is 6.54 Å². The maximum Gasteiger partial charge on any atom is 0.245 e. The van der Waals surface area contributed by atoms with Crippen molar-refractivity contribution in [2.24, 2.45) is 0 Å². The van der Waals surface area contributed by atoms with Gasteiger partial charge in [0.1, 0.15) is 0 Å². The van der Waals surface area contributed by atoms with Gasteiger partial charge in [0, 0.05) is 25.5 Å². The molecule has 2 aromatic rings. The van der Waals surface area contributed by atoms with Crippen molar-refractivity contribution < 1.29 is 0 Å². The summed E-state index contributed by atoms with van der Waals surface area (Å²) in [6, 6.07) is 2.12. The maximum absolute atomic E-state index is 4.29. The molecule has 2 rings (SSSR count). The topological polar surface area (TPSA) is 56.8 Å². The number of anilines is 2. The zero-order chi connectivity index (χ0) is 11.5. The van der Waals surface area contributed by atoms with E-state index in [1.807, 2.05) is 19.0 Å². The monoisotopic (exact) mass is 237 g/mol. The van der Waals surface area contributed by atoms with Gasteiger partial charge in [-0.15, -0.1) is 16.4 Å². The van der Waals surface area contributed by atoms with Crippen LogP contribution in [0.2, 0.25) is 0 Å². The van der Waals surface area contributed by atoms with Crippen LogP contribution in [0.3, 0.4) is 0 Å². The molecule has 0 aliphatic rings. The van der Waals surface area contributed by atoms with Crippen molar-refractivity contribution in [2.45, 2.75) is 13.5 Å². The number of hydrogen-bond acceptors (Lipinski definition) is 5. The van der Waals surface area contributed by atoms with Gasteiger partial charge in [-0.25, -0.2) is 5.10 Å². The predicted molar refractivity (Wildman–Crippen MR) is 67.1 cm³/mol. The molecule has 0 unspecified atom stereocenters. The molecular formula is C10H15N5S. The highest BCUT2D eigenvalue weighted by Crippen LogP contribution is 2.16. The van der Waals surface area contributed by atoms with Crippen LogP contribution in [-0.4, -0.2) is 29.3 Å². The van der Waals surface area contributed by atoms with Gasteiger partial charge in [-0.3, -0.25) is 0 Å². The van der Waals surface area contributed by atoms with Crippen LogP contribution in [0.4, 0.5) is 11.9 Å². The van der Waals surface area contributed by atoms with Crippen LogP contribution in [0.1, 0.15) is 10.4 Å². The van der Waals surface area contributed by atoms with Crippen molar-refractivity contribution in [3.8, 4) is 0 Å². The number of nitrogens with one attached hydrogen (secondary N) is 2. The first-order valence-corrected chi connectivity index (χ1v) is 5.91. The zero-order valence-electron chi connectivity index (χ0n) is 9.61. The summed E-state index contributed by atoms with van der Waals surface area (Å²) in [5.74, 6) is 1.39. The van der Waals surface area contributed by atoms with E-state index in [1.54, 1.807) is 11.3 Å². The van der Waals surface area contributed by atoms with Crippen LogP contribution < -0.4 is 10.2 Å². The fraction of sp³-hybridized carbons (Fsp3) is 0.400. The van der Waals surface area contributed by atoms with E-state index in [9.17, 15) is 0 Å². The molecule has 0 saturated heterocycles. The summed E-state index contributed by atoms with van der Waals surface area (Å²) in [7, 11) is 3.83. The van der Waals surface area contributed by atoms with E-state index >= 15 is 0 Å². The van der Waals surface area contributed by atoms with E-state index in [4.69, 9.17) is 0 Å². The molecule has 0 aliphatic carbocycles. The Bertz CT molecular complexity index is 459. The predicted octanol–water partition coefficient (Wildman–Crippen LogP) is 1.85. The summed E-state index contributed by atoms with van der Waals surface area (Å²) in [5, 5.41) is 12.2. The number of aryl methyl sites for hydroxylation is 1. The first-order valence-electron chi connectivity index (χ1n) is 5.03. The van der Waals surface area contributed by atoms with E-state index in [0.717, 1.165) is 6.54 Å². The molecule has 0 bridgehead atoms. The van der Waals surface area contributed by atoms with Gasteiger partial charge in [-0.05, 0) is 23.9 Å². The largest absolute Gasteiger partial charge is 0.350 e. The first kappa shape index (κ1) is 10.9. The normalized spacial score (nSPS) is 10.4. The standard InChI is InChI=1S/C10H15N5S/c1-7-8(4-5-16-7)6-11-9-12-10(14-13-9)15(2)3/h4-5H,6H2,1-3H3,(H2,11,12,13,14). The van der Waals surface area contributed by atoms with E-state index in [2.05, 4.69) is 38.9 Å². The van der Waals surface area contributed by atoms with Crippen LogP contribution in [0.15, 0.2) is 11.4 Å². The molecule has 16 heavy (non-hydrogen) atoms. The van der Waals surface area contributed by atoms with Gasteiger partial charge < -0.3 is 10.2 Å². The Morgan fingerprint density at radius 3 is 2.88 bits per heavy atom. The number of rotatable bonds is 4. The second-order valence-corrected chi connectivity index (χ2v) is 4.85. The third-order valence-electron chi connectivity index (χ3n) is 2.29. The SMILES string of the molecule is Cc1sccc1CNc1nc(N(C)C)n[nH]1. The van der Waals surface area contributed by atoms with Gasteiger partial charge in [0.25, 0.3) is 0 Å². The fourth-order valence-corrected chi connectivity index (χ4v) is 2.03. The van der Waals surface area contributed by atoms with Crippen molar-refractivity contribution in [3.05, 3.63) is 21.9 Å². The molecule has 0 saturated carbocycles. The molecule has 0 atom stereocenters. The third kappa shape index (κ3) is 2.33. The zero-order valence-corrected chi connectivity index (χ0v) is 10.4. The molecule has 6 heteroatoms. The molecule has 0 radical (unpaired) electrons. The molecule has 0 aromatic carbocycles.